The Kier molecular flexibility index (Phi) is 3.89. The van der Waals surface area contributed by atoms with Gasteiger partial charge in [-0.15, -0.1) is 0 Å². The fraction of sp³-hybridized carbons (Fsp3) is 0.900. The van der Waals surface area contributed by atoms with Gasteiger partial charge in [0.05, 0.1) is 5.60 Å². The molecule has 4 heteroatoms. The smallest absolute Gasteiger partial charge is 0.224 e. The highest BCUT2D eigenvalue weighted by molar-refractivity contribution is 5.78. The molecule has 1 saturated carbocycles. The molecule has 0 radical (unpaired) electrons. The number of rotatable bonds is 5. The Bertz CT molecular complexity index is 202. The van der Waals surface area contributed by atoms with E-state index < -0.39 is 5.60 Å². The molecule has 82 valence electrons. The molecule has 0 saturated heterocycles. The fourth-order valence-electron chi connectivity index (χ4n) is 1.59. The minimum Gasteiger partial charge on any atom is -0.388 e. The van der Waals surface area contributed by atoms with E-state index >= 15 is 0 Å². The first-order valence-electron chi connectivity index (χ1n) is 5.22. The Balaban J connectivity index is 2.20. The number of aliphatic hydroxyl groups is 1. The van der Waals surface area contributed by atoms with Gasteiger partial charge in [-0.2, -0.15) is 0 Å². The predicted molar refractivity (Wildman–Crippen MR) is 54.9 cm³/mol. The standard InChI is InChI=1S/C10H20N2O2/c1-8(6-11-2)9(13)12-7-10(14)4-3-5-10/h8,11,14H,3-7H2,1-2H3,(H,12,13). The third-order valence-corrected chi connectivity index (χ3v) is 2.83. The van der Waals surface area contributed by atoms with Crippen LogP contribution in [-0.4, -0.2) is 36.8 Å². The lowest BCUT2D eigenvalue weighted by Gasteiger charge is -2.36. The van der Waals surface area contributed by atoms with E-state index in [1.54, 1.807) is 0 Å². The summed E-state index contributed by atoms with van der Waals surface area (Å²) in [6.07, 6.45) is 2.69. The first kappa shape index (κ1) is 11.5. The molecule has 0 aromatic carbocycles. The second kappa shape index (κ2) is 4.75. The van der Waals surface area contributed by atoms with Crippen LogP contribution in [0.5, 0.6) is 0 Å². The first-order valence-corrected chi connectivity index (χ1v) is 5.22. The molecule has 0 aromatic heterocycles. The van der Waals surface area contributed by atoms with Gasteiger partial charge in [0, 0.05) is 19.0 Å². The second-order valence-electron chi connectivity index (χ2n) is 4.25. The van der Waals surface area contributed by atoms with E-state index in [1.165, 1.54) is 0 Å². The molecule has 1 aliphatic carbocycles. The minimum atomic E-state index is -0.616. The maximum Gasteiger partial charge on any atom is 0.224 e. The number of nitrogens with one attached hydrogen (secondary N) is 2. The van der Waals surface area contributed by atoms with Crippen LogP contribution in [0.2, 0.25) is 0 Å². The molecule has 3 N–H and O–H groups in total. The van der Waals surface area contributed by atoms with Crippen molar-refractivity contribution in [2.45, 2.75) is 31.8 Å². The molecule has 1 unspecified atom stereocenters. The van der Waals surface area contributed by atoms with Gasteiger partial charge in [0.2, 0.25) is 5.91 Å². The highest BCUT2D eigenvalue weighted by atomic mass is 16.3. The predicted octanol–water partition coefficient (Wildman–Crippen LogP) is -0.127. The van der Waals surface area contributed by atoms with Gasteiger partial charge in [-0.3, -0.25) is 4.79 Å². The van der Waals surface area contributed by atoms with Gasteiger partial charge in [-0.05, 0) is 26.3 Å². The van der Waals surface area contributed by atoms with E-state index in [1.807, 2.05) is 14.0 Å². The topological polar surface area (TPSA) is 61.4 Å². The number of hydrogen-bond donors (Lipinski definition) is 3. The zero-order valence-corrected chi connectivity index (χ0v) is 8.97. The maximum atomic E-state index is 11.5. The van der Waals surface area contributed by atoms with Crippen LogP contribution in [0.3, 0.4) is 0 Å². The van der Waals surface area contributed by atoms with Gasteiger partial charge in [0.1, 0.15) is 0 Å². The van der Waals surface area contributed by atoms with Crippen LogP contribution in [0.25, 0.3) is 0 Å². The van der Waals surface area contributed by atoms with Gasteiger partial charge in [-0.1, -0.05) is 6.92 Å². The van der Waals surface area contributed by atoms with Crippen LogP contribution in [0.4, 0.5) is 0 Å². The zero-order valence-electron chi connectivity index (χ0n) is 8.97. The summed E-state index contributed by atoms with van der Waals surface area (Å²) in [7, 11) is 1.82. The molecule has 1 atom stereocenters. The average Bonchev–Trinajstić information content (AvgIpc) is 2.11. The minimum absolute atomic E-state index is 0.0136. The summed E-state index contributed by atoms with van der Waals surface area (Å²) in [5, 5.41) is 15.5. The van der Waals surface area contributed by atoms with Crippen molar-refractivity contribution >= 4 is 5.91 Å². The van der Waals surface area contributed by atoms with Crippen LogP contribution < -0.4 is 10.6 Å². The third-order valence-electron chi connectivity index (χ3n) is 2.83. The molecule has 1 rings (SSSR count). The molecule has 0 bridgehead atoms. The van der Waals surface area contributed by atoms with Gasteiger partial charge in [-0.25, -0.2) is 0 Å². The Morgan fingerprint density at radius 2 is 2.21 bits per heavy atom. The monoisotopic (exact) mass is 200 g/mol. The molecule has 0 aromatic rings. The third kappa shape index (κ3) is 2.96. The van der Waals surface area contributed by atoms with E-state index in [0.717, 1.165) is 19.3 Å². The Labute approximate surface area is 85.1 Å². The summed E-state index contributed by atoms with van der Waals surface area (Å²) in [6, 6.07) is 0. The normalized spacial score (nSPS) is 21.1. The first-order chi connectivity index (χ1) is 6.57. The Morgan fingerprint density at radius 3 is 2.64 bits per heavy atom. The van der Waals surface area contributed by atoms with Crippen molar-refractivity contribution in [2.24, 2.45) is 5.92 Å². The zero-order chi connectivity index (χ0) is 10.6. The van der Waals surface area contributed by atoms with E-state index in [0.29, 0.717) is 13.1 Å². The van der Waals surface area contributed by atoms with Gasteiger partial charge < -0.3 is 15.7 Å². The molecule has 1 amide bonds. The quantitative estimate of drug-likeness (QED) is 0.579. The lowest BCUT2D eigenvalue weighted by atomic mass is 9.80. The molecule has 1 fully saturated rings. The number of carbonyl (C=O) groups excluding carboxylic acids is 1. The largest absolute Gasteiger partial charge is 0.388 e. The van der Waals surface area contributed by atoms with Crippen molar-refractivity contribution in [3.05, 3.63) is 0 Å². The van der Waals surface area contributed by atoms with E-state index in [9.17, 15) is 9.90 Å². The van der Waals surface area contributed by atoms with E-state index in [4.69, 9.17) is 0 Å². The molecule has 4 nitrogen and oxygen atoms in total. The van der Waals surface area contributed by atoms with Crippen LogP contribution in [0, 0.1) is 5.92 Å². The highest BCUT2D eigenvalue weighted by Gasteiger charge is 2.34. The summed E-state index contributed by atoms with van der Waals surface area (Å²) in [4.78, 5) is 11.5. The maximum absolute atomic E-state index is 11.5. The average molecular weight is 200 g/mol. The summed E-state index contributed by atoms with van der Waals surface area (Å²) in [6.45, 7) is 2.95. The van der Waals surface area contributed by atoms with Crippen molar-refractivity contribution in [3.8, 4) is 0 Å². The van der Waals surface area contributed by atoms with Gasteiger partial charge in [0.15, 0.2) is 0 Å². The SMILES string of the molecule is CNCC(C)C(=O)NCC1(O)CCC1. The molecule has 1 aliphatic rings. The van der Waals surface area contributed by atoms with Gasteiger partial charge in [0.25, 0.3) is 0 Å². The van der Waals surface area contributed by atoms with Crippen LogP contribution in [-0.2, 0) is 4.79 Å². The van der Waals surface area contributed by atoms with Crippen LogP contribution >= 0.6 is 0 Å². The number of carbonyl (C=O) groups is 1. The fourth-order valence-corrected chi connectivity index (χ4v) is 1.59. The highest BCUT2D eigenvalue weighted by Crippen LogP contribution is 2.30. The summed E-state index contributed by atoms with van der Waals surface area (Å²) < 4.78 is 0. The number of hydrogen-bond acceptors (Lipinski definition) is 3. The Hall–Kier alpha value is -0.610. The molecule has 14 heavy (non-hydrogen) atoms. The van der Waals surface area contributed by atoms with E-state index in [2.05, 4.69) is 10.6 Å². The van der Waals surface area contributed by atoms with Crippen LogP contribution in [0.1, 0.15) is 26.2 Å². The molecule has 0 heterocycles. The molecular weight excluding hydrogens is 180 g/mol. The Morgan fingerprint density at radius 1 is 1.57 bits per heavy atom. The molecule has 0 aliphatic heterocycles. The summed E-state index contributed by atoms with van der Waals surface area (Å²) in [5.74, 6) is -0.0247. The summed E-state index contributed by atoms with van der Waals surface area (Å²) >= 11 is 0. The van der Waals surface area contributed by atoms with Crippen molar-refractivity contribution < 1.29 is 9.90 Å². The van der Waals surface area contributed by atoms with Crippen molar-refractivity contribution in [3.63, 3.8) is 0 Å². The lowest BCUT2D eigenvalue weighted by Crippen LogP contribution is -2.49. The van der Waals surface area contributed by atoms with Crippen LogP contribution in [0.15, 0.2) is 0 Å². The van der Waals surface area contributed by atoms with Crippen molar-refractivity contribution in [1.29, 1.82) is 0 Å². The lowest BCUT2D eigenvalue weighted by molar-refractivity contribution is -0.126. The van der Waals surface area contributed by atoms with Crippen molar-refractivity contribution in [1.82, 2.24) is 10.6 Å². The number of amides is 1. The summed E-state index contributed by atoms with van der Waals surface area (Å²) in [5.41, 5.74) is -0.616. The second-order valence-corrected chi connectivity index (χ2v) is 4.25. The van der Waals surface area contributed by atoms with Gasteiger partial charge >= 0.3 is 0 Å². The van der Waals surface area contributed by atoms with Crippen molar-refractivity contribution in [2.75, 3.05) is 20.1 Å². The van der Waals surface area contributed by atoms with E-state index in [-0.39, 0.29) is 11.8 Å². The molecular formula is C10H20N2O2. The molecule has 0 spiro atoms.